The van der Waals surface area contributed by atoms with Crippen molar-refractivity contribution in [1.29, 1.82) is 0 Å². The van der Waals surface area contributed by atoms with E-state index in [1.165, 1.54) is 11.8 Å². The largest absolute Gasteiger partial charge is 0.457 e. The van der Waals surface area contributed by atoms with Crippen molar-refractivity contribution in [3.8, 4) is 0 Å². The Bertz CT molecular complexity index is 925. The number of hydrogen-bond acceptors (Lipinski definition) is 5. The summed E-state index contributed by atoms with van der Waals surface area (Å²) < 4.78 is 12.0. The van der Waals surface area contributed by atoms with Crippen molar-refractivity contribution >= 4 is 31.2 Å². The van der Waals surface area contributed by atoms with Crippen LogP contribution in [0.1, 0.15) is 75.6 Å². The summed E-state index contributed by atoms with van der Waals surface area (Å²) in [6.45, 7) is 17.3. The monoisotopic (exact) mass is 486 g/mol. The molecule has 1 atom stereocenters. The van der Waals surface area contributed by atoms with Crippen molar-refractivity contribution < 1.29 is 18.8 Å². The second-order valence-electron chi connectivity index (χ2n) is 10.8. The number of carbonyl (C=O) groups is 2. The molecule has 0 N–H and O–H groups in total. The molecule has 2 aromatic rings. The molecule has 0 aliphatic rings. The number of hydrogen-bond donors (Lipinski definition) is 0. The smallest absolute Gasteiger partial charge is 0.338 e. The lowest BCUT2D eigenvalue weighted by molar-refractivity contribution is -0.112. The first kappa shape index (κ1) is 27.4. The van der Waals surface area contributed by atoms with E-state index in [2.05, 4.69) is 33.9 Å². The van der Waals surface area contributed by atoms with Gasteiger partial charge in [0.1, 0.15) is 6.61 Å². The zero-order chi connectivity index (χ0) is 24.9. The molecule has 0 aromatic heterocycles. The molecule has 1 unspecified atom stereocenters. The summed E-state index contributed by atoms with van der Waals surface area (Å²) in [6.07, 6.45) is -0.0469. The minimum Gasteiger partial charge on any atom is -0.457 e. The average Bonchev–Trinajstić information content (AvgIpc) is 2.70. The maximum absolute atomic E-state index is 12.8. The van der Waals surface area contributed by atoms with Gasteiger partial charge in [0.15, 0.2) is 13.4 Å². The molecule has 2 aromatic carbocycles. The summed E-state index contributed by atoms with van der Waals surface area (Å²) in [6, 6.07) is 16.9. The maximum atomic E-state index is 12.8. The van der Waals surface area contributed by atoms with Crippen LogP contribution in [0.15, 0.2) is 54.6 Å². The van der Waals surface area contributed by atoms with E-state index in [4.69, 9.17) is 9.16 Å². The van der Waals surface area contributed by atoms with E-state index in [0.29, 0.717) is 12.0 Å². The number of esters is 1. The summed E-state index contributed by atoms with van der Waals surface area (Å²) in [5.41, 5.74) is 2.33. The third kappa shape index (κ3) is 8.76. The van der Waals surface area contributed by atoms with Crippen LogP contribution >= 0.6 is 11.8 Å². The van der Waals surface area contributed by atoms with Gasteiger partial charge in [0.2, 0.25) is 0 Å². The van der Waals surface area contributed by atoms with Gasteiger partial charge < -0.3 is 9.16 Å². The number of carbonyl (C=O) groups excluding carboxylic acids is 2. The summed E-state index contributed by atoms with van der Waals surface area (Å²) in [5.74, 6) is -0.369. The maximum Gasteiger partial charge on any atom is 0.338 e. The Labute approximate surface area is 204 Å². The number of rotatable bonds is 8. The molecule has 0 heterocycles. The quantitative estimate of drug-likeness (QED) is 0.285. The first-order chi connectivity index (χ1) is 15.2. The van der Waals surface area contributed by atoms with Crippen molar-refractivity contribution in [3.63, 3.8) is 0 Å². The fourth-order valence-electron chi connectivity index (χ4n) is 2.93. The normalized spacial score (nSPS) is 13.5. The molecule has 4 nitrogen and oxygen atoms in total. The van der Waals surface area contributed by atoms with E-state index in [1.54, 1.807) is 12.1 Å². The van der Waals surface area contributed by atoms with Gasteiger partial charge in [-0.2, -0.15) is 0 Å². The highest BCUT2D eigenvalue weighted by Gasteiger charge is 2.40. The van der Waals surface area contributed by atoms with E-state index in [0.717, 1.165) is 11.1 Å². The van der Waals surface area contributed by atoms with Gasteiger partial charge in [-0.25, -0.2) is 4.79 Å². The van der Waals surface area contributed by atoms with Crippen LogP contribution in [0.4, 0.5) is 0 Å². The Kier molecular flexibility index (Phi) is 9.14. The van der Waals surface area contributed by atoms with Crippen molar-refractivity contribution in [3.05, 3.63) is 71.3 Å². The van der Waals surface area contributed by atoms with Crippen LogP contribution in [0.5, 0.6) is 0 Å². The molecule has 0 amide bonds. The van der Waals surface area contributed by atoms with Gasteiger partial charge in [-0.3, -0.25) is 4.79 Å². The van der Waals surface area contributed by atoms with Crippen LogP contribution in [0.2, 0.25) is 18.1 Å². The predicted molar refractivity (Wildman–Crippen MR) is 140 cm³/mol. The van der Waals surface area contributed by atoms with Gasteiger partial charge in [0.05, 0.1) is 11.7 Å². The Hall–Kier alpha value is -1.89. The molecule has 33 heavy (non-hydrogen) atoms. The fourth-order valence-corrected chi connectivity index (χ4v) is 5.14. The fraction of sp³-hybridized carbons (Fsp3) is 0.481. The van der Waals surface area contributed by atoms with Crippen molar-refractivity contribution in [2.45, 2.75) is 83.6 Å². The number of thioether (sulfide) groups is 1. The highest BCUT2D eigenvalue weighted by atomic mass is 32.2. The van der Waals surface area contributed by atoms with Gasteiger partial charge in [0.25, 0.3) is 0 Å². The van der Waals surface area contributed by atoms with Crippen LogP contribution in [0.25, 0.3) is 0 Å². The molecule has 0 aliphatic heterocycles. The third-order valence-electron chi connectivity index (χ3n) is 5.75. The Morgan fingerprint density at radius 2 is 1.48 bits per heavy atom. The van der Waals surface area contributed by atoms with Gasteiger partial charge in [-0.15, -0.1) is 0 Å². The number of benzene rings is 2. The molecule has 0 fully saturated rings. The molecule has 2 rings (SSSR count). The standard InChI is InChI=1S/C27H38O4SSi/c1-26(2,3)32-24(28)18-23(31-33(7,8)27(4,5)6)21-14-16-22(17-15-21)25(29)30-19-20-12-10-9-11-13-20/h9-17,23H,18-19H2,1-8H3. The highest BCUT2D eigenvalue weighted by Crippen LogP contribution is 2.41. The van der Waals surface area contributed by atoms with E-state index in [1.807, 2.05) is 63.2 Å². The molecule has 180 valence electrons. The van der Waals surface area contributed by atoms with E-state index in [9.17, 15) is 9.59 Å². The summed E-state index contributed by atoms with van der Waals surface area (Å²) in [5, 5.41) is 0.129. The van der Waals surface area contributed by atoms with Crippen LogP contribution in [-0.2, 0) is 20.6 Å². The third-order valence-corrected chi connectivity index (χ3v) is 11.2. The Morgan fingerprint density at radius 1 is 0.909 bits per heavy atom. The van der Waals surface area contributed by atoms with Gasteiger partial charge in [-0.1, -0.05) is 95.8 Å². The second-order valence-corrected chi connectivity index (χ2v) is 17.5. The number of ether oxygens (including phenoxy) is 1. The molecule has 0 saturated heterocycles. The van der Waals surface area contributed by atoms with Gasteiger partial charge in [0, 0.05) is 11.2 Å². The molecule has 0 saturated carbocycles. The Balaban J connectivity index is 2.18. The van der Waals surface area contributed by atoms with Crippen LogP contribution < -0.4 is 0 Å². The minimum atomic E-state index is -2.11. The van der Waals surface area contributed by atoms with Gasteiger partial charge in [-0.05, 0) is 41.4 Å². The molecule has 0 radical (unpaired) electrons. The molecule has 0 bridgehead atoms. The molecule has 0 spiro atoms. The minimum absolute atomic E-state index is 0.0205. The second kappa shape index (κ2) is 11.0. The lowest BCUT2D eigenvalue weighted by Crippen LogP contribution is -2.42. The lowest BCUT2D eigenvalue weighted by atomic mass is 10.1. The molecular weight excluding hydrogens is 448 g/mol. The lowest BCUT2D eigenvalue weighted by Gasteiger charge is -2.39. The SMILES string of the molecule is CC(C)(C)SC(=O)CC(O[Si](C)(C)C(C)(C)C)c1ccc(C(=O)OCc2ccccc2)cc1. The highest BCUT2D eigenvalue weighted by molar-refractivity contribution is 8.14. The molecular formula is C27H38O4SSi. The van der Waals surface area contributed by atoms with Crippen LogP contribution in [0, 0.1) is 0 Å². The van der Waals surface area contributed by atoms with Crippen LogP contribution in [0.3, 0.4) is 0 Å². The zero-order valence-corrected chi connectivity index (χ0v) is 23.0. The van der Waals surface area contributed by atoms with E-state index < -0.39 is 8.32 Å². The predicted octanol–water partition coefficient (Wildman–Crippen LogP) is 7.55. The first-order valence-corrected chi connectivity index (χ1v) is 15.1. The van der Waals surface area contributed by atoms with E-state index in [-0.39, 0.29) is 33.6 Å². The van der Waals surface area contributed by atoms with Gasteiger partial charge >= 0.3 is 5.97 Å². The molecule has 6 heteroatoms. The topological polar surface area (TPSA) is 52.6 Å². The van der Waals surface area contributed by atoms with Crippen molar-refractivity contribution in [2.75, 3.05) is 0 Å². The van der Waals surface area contributed by atoms with Crippen molar-refractivity contribution in [1.82, 2.24) is 0 Å². The summed E-state index contributed by atoms with van der Waals surface area (Å²) in [4.78, 5) is 25.3. The molecule has 0 aliphatic carbocycles. The van der Waals surface area contributed by atoms with Crippen molar-refractivity contribution in [2.24, 2.45) is 0 Å². The van der Waals surface area contributed by atoms with Crippen LogP contribution in [-0.4, -0.2) is 24.1 Å². The first-order valence-electron chi connectivity index (χ1n) is 11.4. The Morgan fingerprint density at radius 3 is 2.00 bits per heavy atom. The van der Waals surface area contributed by atoms with E-state index >= 15 is 0 Å². The summed E-state index contributed by atoms with van der Waals surface area (Å²) >= 11 is 1.35. The average molecular weight is 487 g/mol. The zero-order valence-electron chi connectivity index (χ0n) is 21.2. The summed E-state index contributed by atoms with van der Waals surface area (Å²) in [7, 11) is -2.11.